The third kappa shape index (κ3) is 5.26. The molecule has 162 valence electrons. The minimum absolute atomic E-state index is 0.0137. The number of amides is 2. The molecule has 2 heterocycles. The number of aromatic nitrogens is 2. The van der Waals surface area contributed by atoms with Crippen LogP contribution in [-0.2, 0) is 15.8 Å². The van der Waals surface area contributed by atoms with Crippen molar-refractivity contribution in [1.82, 2.24) is 15.1 Å². The molecule has 1 aliphatic rings. The minimum atomic E-state index is -4.60. The third-order valence-electron chi connectivity index (χ3n) is 5.03. The minimum Gasteiger partial charge on any atom is -0.368 e. The van der Waals surface area contributed by atoms with Gasteiger partial charge in [-0.2, -0.15) is 13.2 Å². The van der Waals surface area contributed by atoms with Crippen molar-refractivity contribution in [1.29, 1.82) is 0 Å². The molecular formula is C19H22F3N5O2S. The van der Waals surface area contributed by atoms with Crippen LogP contribution in [0.5, 0.6) is 0 Å². The molecule has 1 fully saturated rings. The zero-order valence-electron chi connectivity index (χ0n) is 16.6. The molecule has 30 heavy (non-hydrogen) atoms. The van der Waals surface area contributed by atoms with Crippen molar-refractivity contribution >= 4 is 34.0 Å². The second kappa shape index (κ2) is 8.99. The molecule has 0 spiro atoms. The van der Waals surface area contributed by atoms with Crippen molar-refractivity contribution in [2.45, 2.75) is 32.9 Å². The van der Waals surface area contributed by atoms with Gasteiger partial charge in [0.2, 0.25) is 22.0 Å². The topological polar surface area (TPSA) is 78.4 Å². The molecule has 0 bridgehead atoms. The van der Waals surface area contributed by atoms with Crippen molar-refractivity contribution < 1.29 is 22.8 Å². The van der Waals surface area contributed by atoms with Crippen LogP contribution in [0, 0.1) is 13.8 Å². The van der Waals surface area contributed by atoms with E-state index < -0.39 is 17.1 Å². The van der Waals surface area contributed by atoms with Gasteiger partial charge in [0.1, 0.15) is 0 Å². The predicted molar refractivity (Wildman–Crippen MR) is 107 cm³/mol. The SMILES string of the molecule is Cc1cccc(N2CCN(C(=O)CCC(=O)Nc3nnc(C(F)(F)F)s3)CC2)c1C. The fourth-order valence-corrected chi connectivity index (χ4v) is 3.85. The van der Waals surface area contributed by atoms with Crippen LogP contribution in [0.3, 0.4) is 0 Å². The standard InChI is InChI=1S/C19H22F3N5O2S/c1-12-4-3-5-14(13(12)2)26-8-10-27(11-9-26)16(29)7-6-15(28)23-18-25-24-17(30-18)19(20,21)22/h3-5H,6-11H2,1-2H3,(H,23,25,28). The van der Waals surface area contributed by atoms with Crippen molar-refractivity contribution in [2.24, 2.45) is 0 Å². The van der Waals surface area contributed by atoms with E-state index >= 15 is 0 Å². The molecule has 0 radical (unpaired) electrons. The number of aryl methyl sites for hydroxylation is 1. The first-order valence-electron chi connectivity index (χ1n) is 9.44. The Hall–Kier alpha value is -2.69. The van der Waals surface area contributed by atoms with E-state index in [9.17, 15) is 22.8 Å². The van der Waals surface area contributed by atoms with Crippen molar-refractivity contribution in [2.75, 3.05) is 36.4 Å². The smallest absolute Gasteiger partial charge is 0.368 e. The molecule has 1 aromatic carbocycles. The number of nitrogens with one attached hydrogen (secondary N) is 1. The Morgan fingerprint density at radius 2 is 1.80 bits per heavy atom. The van der Waals surface area contributed by atoms with Crippen LogP contribution in [0.25, 0.3) is 0 Å². The molecule has 7 nitrogen and oxygen atoms in total. The Labute approximate surface area is 175 Å². The van der Waals surface area contributed by atoms with Gasteiger partial charge in [0.15, 0.2) is 0 Å². The van der Waals surface area contributed by atoms with Crippen molar-refractivity contribution in [3.63, 3.8) is 0 Å². The van der Waals surface area contributed by atoms with Gasteiger partial charge in [-0.05, 0) is 31.0 Å². The molecular weight excluding hydrogens is 419 g/mol. The van der Waals surface area contributed by atoms with Crippen LogP contribution < -0.4 is 10.2 Å². The quantitative estimate of drug-likeness (QED) is 0.771. The maximum Gasteiger partial charge on any atom is 0.445 e. The number of hydrogen-bond acceptors (Lipinski definition) is 6. The van der Waals surface area contributed by atoms with Crippen molar-refractivity contribution in [3.8, 4) is 0 Å². The summed E-state index contributed by atoms with van der Waals surface area (Å²) in [6, 6.07) is 6.15. The number of alkyl halides is 3. The highest BCUT2D eigenvalue weighted by Crippen LogP contribution is 2.33. The number of rotatable bonds is 5. The number of carbonyl (C=O) groups is 2. The van der Waals surface area contributed by atoms with Gasteiger partial charge in [0.25, 0.3) is 0 Å². The Bertz CT molecular complexity index is 923. The molecule has 0 aliphatic carbocycles. The lowest BCUT2D eigenvalue weighted by molar-refractivity contribution is -0.138. The summed E-state index contributed by atoms with van der Waals surface area (Å²) < 4.78 is 37.6. The lowest BCUT2D eigenvalue weighted by atomic mass is 10.1. The summed E-state index contributed by atoms with van der Waals surface area (Å²) in [5.74, 6) is -0.721. The summed E-state index contributed by atoms with van der Waals surface area (Å²) in [5.41, 5.74) is 3.60. The number of halogens is 3. The lowest BCUT2D eigenvalue weighted by Gasteiger charge is -2.37. The third-order valence-corrected chi connectivity index (χ3v) is 5.91. The number of anilines is 2. The van der Waals surface area contributed by atoms with Crippen LogP contribution in [0.2, 0.25) is 0 Å². The van der Waals surface area contributed by atoms with Gasteiger partial charge < -0.3 is 15.1 Å². The van der Waals surface area contributed by atoms with Gasteiger partial charge in [-0.3, -0.25) is 9.59 Å². The average molecular weight is 441 g/mol. The second-order valence-corrected chi connectivity index (χ2v) is 8.02. The van der Waals surface area contributed by atoms with E-state index in [4.69, 9.17) is 0 Å². The van der Waals surface area contributed by atoms with Crippen LogP contribution in [0.4, 0.5) is 24.0 Å². The van der Waals surface area contributed by atoms with Crippen LogP contribution in [0.1, 0.15) is 29.0 Å². The first-order chi connectivity index (χ1) is 14.1. The highest BCUT2D eigenvalue weighted by atomic mass is 32.1. The van der Waals surface area contributed by atoms with E-state index in [2.05, 4.69) is 46.4 Å². The maximum atomic E-state index is 12.5. The molecule has 1 aliphatic heterocycles. The summed E-state index contributed by atoms with van der Waals surface area (Å²) in [7, 11) is 0. The van der Waals surface area contributed by atoms with Crippen LogP contribution in [-0.4, -0.2) is 53.1 Å². The molecule has 2 amide bonds. The van der Waals surface area contributed by atoms with E-state index in [0.717, 1.165) is 5.69 Å². The Balaban J connectivity index is 1.45. The number of piperazine rings is 1. The van der Waals surface area contributed by atoms with Crippen LogP contribution in [0.15, 0.2) is 18.2 Å². The lowest BCUT2D eigenvalue weighted by Crippen LogP contribution is -2.49. The normalized spacial score (nSPS) is 14.7. The number of hydrogen-bond donors (Lipinski definition) is 1. The molecule has 11 heteroatoms. The van der Waals surface area contributed by atoms with Gasteiger partial charge in [-0.1, -0.05) is 23.5 Å². The van der Waals surface area contributed by atoms with Crippen LogP contribution >= 0.6 is 11.3 Å². The van der Waals surface area contributed by atoms with Gasteiger partial charge in [0, 0.05) is 44.7 Å². The Morgan fingerprint density at radius 3 is 2.43 bits per heavy atom. The van der Waals surface area contributed by atoms with E-state index in [0.29, 0.717) is 26.2 Å². The van der Waals surface area contributed by atoms with Gasteiger partial charge >= 0.3 is 6.18 Å². The van der Waals surface area contributed by atoms with Gasteiger partial charge in [0.05, 0.1) is 0 Å². The summed E-state index contributed by atoms with van der Waals surface area (Å²) in [5, 5.41) is 7.20. The van der Waals surface area contributed by atoms with Gasteiger partial charge in [-0.25, -0.2) is 0 Å². The highest BCUT2D eigenvalue weighted by molar-refractivity contribution is 7.15. The second-order valence-electron chi connectivity index (χ2n) is 7.05. The zero-order chi connectivity index (χ0) is 21.9. The molecule has 0 unspecified atom stereocenters. The van der Waals surface area contributed by atoms with E-state index in [1.165, 1.54) is 11.1 Å². The molecule has 1 aromatic heterocycles. The summed E-state index contributed by atoms with van der Waals surface area (Å²) in [6.07, 6.45) is -4.74. The summed E-state index contributed by atoms with van der Waals surface area (Å²) in [6.45, 7) is 6.66. The number of benzene rings is 1. The summed E-state index contributed by atoms with van der Waals surface area (Å²) >= 11 is 0.251. The average Bonchev–Trinajstić information content (AvgIpc) is 3.17. The largest absolute Gasteiger partial charge is 0.445 e. The number of nitrogens with zero attached hydrogens (tertiary/aromatic N) is 4. The van der Waals surface area contributed by atoms with E-state index in [1.54, 1.807) is 4.90 Å². The Kier molecular flexibility index (Phi) is 6.59. The molecule has 0 atom stereocenters. The number of carbonyl (C=O) groups excluding carboxylic acids is 2. The molecule has 2 aromatic rings. The highest BCUT2D eigenvalue weighted by Gasteiger charge is 2.35. The van der Waals surface area contributed by atoms with E-state index in [-0.39, 0.29) is 35.2 Å². The van der Waals surface area contributed by atoms with Crippen molar-refractivity contribution in [3.05, 3.63) is 34.3 Å². The molecule has 1 saturated heterocycles. The summed E-state index contributed by atoms with van der Waals surface area (Å²) in [4.78, 5) is 28.3. The van der Waals surface area contributed by atoms with Gasteiger partial charge in [-0.15, -0.1) is 10.2 Å². The molecule has 1 N–H and O–H groups in total. The fraction of sp³-hybridized carbons (Fsp3) is 0.474. The maximum absolute atomic E-state index is 12.5. The van der Waals surface area contributed by atoms with E-state index in [1.807, 2.05) is 6.07 Å². The monoisotopic (exact) mass is 441 g/mol. The first-order valence-corrected chi connectivity index (χ1v) is 10.3. The predicted octanol–water partition coefficient (Wildman–Crippen LogP) is 3.24. The first kappa shape index (κ1) is 22.0. The molecule has 0 saturated carbocycles. The fourth-order valence-electron chi connectivity index (χ4n) is 3.22. The zero-order valence-corrected chi connectivity index (χ0v) is 17.4. The molecule has 3 rings (SSSR count). The Morgan fingerprint density at radius 1 is 1.10 bits per heavy atom.